The number of hydrogen-bond donors (Lipinski definition) is 0. The quantitative estimate of drug-likeness (QED) is 0.718. The Balaban J connectivity index is 2.21. The van der Waals surface area contributed by atoms with Gasteiger partial charge in [0.1, 0.15) is 0 Å². The molecule has 0 atom stereocenters. The van der Waals surface area contributed by atoms with Crippen LogP contribution in [0.2, 0.25) is 5.02 Å². The zero-order valence-corrected chi connectivity index (χ0v) is 9.33. The summed E-state index contributed by atoms with van der Waals surface area (Å²) in [6.07, 6.45) is 4.60. The number of piperidine rings is 1. The molecule has 0 amide bonds. The number of hydrogen-bond acceptors (Lipinski definition) is 2. The lowest BCUT2D eigenvalue weighted by Crippen LogP contribution is -2.29. The summed E-state index contributed by atoms with van der Waals surface area (Å²) in [5.41, 5.74) is 1.70. The minimum atomic E-state index is 0.549. The maximum Gasteiger partial charge on any atom is 0.151 e. The first-order valence-corrected chi connectivity index (χ1v) is 5.69. The fourth-order valence-electron chi connectivity index (χ4n) is 1.96. The molecule has 0 aromatic heterocycles. The first kappa shape index (κ1) is 10.5. The van der Waals surface area contributed by atoms with Gasteiger partial charge in [0, 0.05) is 24.3 Å². The highest BCUT2D eigenvalue weighted by molar-refractivity contribution is 6.33. The van der Waals surface area contributed by atoms with Crippen molar-refractivity contribution in [1.29, 1.82) is 0 Å². The zero-order valence-electron chi connectivity index (χ0n) is 8.58. The summed E-state index contributed by atoms with van der Waals surface area (Å²) in [6, 6.07) is 5.65. The molecule has 0 radical (unpaired) electrons. The molecular formula is C12H14ClNO. The molecule has 2 rings (SSSR count). The molecule has 0 aliphatic carbocycles. The van der Waals surface area contributed by atoms with Gasteiger partial charge in [0.15, 0.2) is 6.29 Å². The van der Waals surface area contributed by atoms with Gasteiger partial charge in [0.2, 0.25) is 0 Å². The van der Waals surface area contributed by atoms with Crippen LogP contribution in [0.4, 0.5) is 5.69 Å². The summed E-state index contributed by atoms with van der Waals surface area (Å²) in [5.74, 6) is 0. The average Bonchev–Trinajstić information content (AvgIpc) is 2.30. The second-order valence-electron chi connectivity index (χ2n) is 3.87. The van der Waals surface area contributed by atoms with E-state index in [0.717, 1.165) is 25.1 Å². The lowest BCUT2D eigenvalue weighted by Gasteiger charge is -2.29. The third-order valence-corrected chi connectivity index (χ3v) is 3.16. The van der Waals surface area contributed by atoms with Gasteiger partial charge in [-0.1, -0.05) is 11.6 Å². The summed E-state index contributed by atoms with van der Waals surface area (Å²) in [4.78, 5) is 12.9. The number of anilines is 1. The van der Waals surface area contributed by atoms with Crippen LogP contribution in [-0.2, 0) is 0 Å². The molecule has 2 nitrogen and oxygen atoms in total. The molecule has 3 heteroatoms. The van der Waals surface area contributed by atoms with Crippen LogP contribution in [0.3, 0.4) is 0 Å². The van der Waals surface area contributed by atoms with Crippen molar-refractivity contribution in [2.45, 2.75) is 19.3 Å². The van der Waals surface area contributed by atoms with E-state index in [1.807, 2.05) is 12.1 Å². The fraction of sp³-hybridized carbons (Fsp3) is 0.417. The van der Waals surface area contributed by atoms with Gasteiger partial charge in [0.05, 0.1) is 5.02 Å². The minimum absolute atomic E-state index is 0.549. The first-order chi connectivity index (χ1) is 7.31. The van der Waals surface area contributed by atoms with Gasteiger partial charge in [-0.3, -0.25) is 4.79 Å². The normalized spacial score (nSPS) is 16.5. The van der Waals surface area contributed by atoms with Crippen LogP contribution in [0.1, 0.15) is 29.6 Å². The highest BCUT2D eigenvalue weighted by atomic mass is 35.5. The summed E-state index contributed by atoms with van der Waals surface area (Å²) < 4.78 is 0. The number of rotatable bonds is 2. The van der Waals surface area contributed by atoms with E-state index in [0.29, 0.717) is 10.6 Å². The summed E-state index contributed by atoms with van der Waals surface area (Å²) in [5, 5.41) is 0.549. The van der Waals surface area contributed by atoms with Crippen molar-refractivity contribution in [3.8, 4) is 0 Å². The predicted octanol–water partition coefficient (Wildman–Crippen LogP) is 3.14. The Kier molecular flexibility index (Phi) is 3.27. The van der Waals surface area contributed by atoms with Crippen LogP contribution in [-0.4, -0.2) is 19.4 Å². The maximum absolute atomic E-state index is 10.6. The highest BCUT2D eigenvalue weighted by Crippen LogP contribution is 2.25. The van der Waals surface area contributed by atoms with Crippen molar-refractivity contribution >= 4 is 23.6 Å². The molecule has 80 valence electrons. The van der Waals surface area contributed by atoms with Gasteiger partial charge in [-0.25, -0.2) is 0 Å². The molecule has 1 aromatic rings. The van der Waals surface area contributed by atoms with E-state index in [1.54, 1.807) is 6.07 Å². The molecule has 1 aromatic carbocycles. The summed E-state index contributed by atoms with van der Waals surface area (Å²) >= 11 is 5.99. The van der Waals surface area contributed by atoms with E-state index < -0.39 is 0 Å². The Labute approximate surface area is 94.8 Å². The maximum atomic E-state index is 10.6. The van der Waals surface area contributed by atoms with Gasteiger partial charge < -0.3 is 4.90 Å². The van der Waals surface area contributed by atoms with Crippen LogP contribution in [0, 0.1) is 0 Å². The molecule has 0 bridgehead atoms. The number of aldehydes is 1. The minimum Gasteiger partial charge on any atom is -0.371 e. The van der Waals surface area contributed by atoms with E-state index in [1.165, 1.54) is 19.3 Å². The lowest BCUT2D eigenvalue weighted by atomic mass is 10.1. The number of halogens is 1. The molecule has 0 unspecified atom stereocenters. The van der Waals surface area contributed by atoms with E-state index in [9.17, 15) is 4.79 Å². The van der Waals surface area contributed by atoms with Crippen molar-refractivity contribution in [1.82, 2.24) is 0 Å². The zero-order chi connectivity index (χ0) is 10.7. The van der Waals surface area contributed by atoms with Crippen molar-refractivity contribution in [3.05, 3.63) is 28.8 Å². The van der Waals surface area contributed by atoms with Crippen molar-refractivity contribution < 1.29 is 4.79 Å². The molecule has 0 spiro atoms. The standard InChI is InChI=1S/C12H14ClNO/c13-12-8-11(5-4-10(12)9-15)14-6-2-1-3-7-14/h4-5,8-9H,1-3,6-7H2. The molecule has 0 saturated carbocycles. The Hall–Kier alpha value is -1.02. The smallest absolute Gasteiger partial charge is 0.151 e. The third-order valence-electron chi connectivity index (χ3n) is 2.83. The monoisotopic (exact) mass is 223 g/mol. The molecule has 1 fully saturated rings. The van der Waals surface area contributed by atoms with Gasteiger partial charge in [0.25, 0.3) is 0 Å². The third kappa shape index (κ3) is 2.32. The fourth-order valence-corrected chi connectivity index (χ4v) is 2.18. The van der Waals surface area contributed by atoms with E-state index in [2.05, 4.69) is 4.90 Å². The number of nitrogens with zero attached hydrogens (tertiary/aromatic N) is 1. The summed E-state index contributed by atoms with van der Waals surface area (Å²) in [7, 11) is 0. The SMILES string of the molecule is O=Cc1ccc(N2CCCCC2)cc1Cl. The van der Waals surface area contributed by atoms with E-state index in [4.69, 9.17) is 11.6 Å². The number of carbonyl (C=O) groups excluding carboxylic acids is 1. The number of carbonyl (C=O) groups is 1. The Bertz CT molecular complexity index is 359. The molecule has 1 aliphatic heterocycles. The predicted molar refractivity (Wildman–Crippen MR) is 62.9 cm³/mol. The molecule has 1 heterocycles. The molecule has 1 aliphatic rings. The van der Waals surface area contributed by atoms with Gasteiger partial charge in [-0.2, -0.15) is 0 Å². The Morgan fingerprint density at radius 3 is 2.53 bits per heavy atom. The first-order valence-electron chi connectivity index (χ1n) is 5.31. The second-order valence-corrected chi connectivity index (χ2v) is 4.28. The summed E-state index contributed by atoms with van der Waals surface area (Å²) in [6.45, 7) is 2.19. The molecule has 0 N–H and O–H groups in total. The second kappa shape index (κ2) is 4.67. The average molecular weight is 224 g/mol. The van der Waals surface area contributed by atoms with Gasteiger partial charge in [-0.05, 0) is 37.5 Å². The van der Waals surface area contributed by atoms with Crippen molar-refractivity contribution in [3.63, 3.8) is 0 Å². The van der Waals surface area contributed by atoms with E-state index in [-0.39, 0.29) is 0 Å². The van der Waals surface area contributed by atoms with E-state index >= 15 is 0 Å². The number of benzene rings is 1. The Morgan fingerprint density at radius 1 is 1.20 bits per heavy atom. The van der Waals surface area contributed by atoms with Crippen molar-refractivity contribution in [2.75, 3.05) is 18.0 Å². The van der Waals surface area contributed by atoms with Crippen LogP contribution >= 0.6 is 11.6 Å². The lowest BCUT2D eigenvalue weighted by molar-refractivity contribution is 0.112. The van der Waals surface area contributed by atoms with Crippen LogP contribution < -0.4 is 4.90 Å². The molecular weight excluding hydrogens is 210 g/mol. The molecule has 1 saturated heterocycles. The van der Waals surface area contributed by atoms with Crippen LogP contribution in [0.25, 0.3) is 0 Å². The van der Waals surface area contributed by atoms with Gasteiger partial charge >= 0.3 is 0 Å². The van der Waals surface area contributed by atoms with Crippen LogP contribution in [0.5, 0.6) is 0 Å². The largest absolute Gasteiger partial charge is 0.371 e. The van der Waals surface area contributed by atoms with Crippen LogP contribution in [0.15, 0.2) is 18.2 Å². The molecule has 15 heavy (non-hydrogen) atoms. The Morgan fingerprint density at radius 2 is 1.93 bits per heavy atom. The highest BCUT2D eigenvalue weighted by Gasteiger charge is 2.11. The van der Waals surface area contributed by atoms with Gasteiger partial charge in [-0.15, -0.1) is 0 Å². The van der Waals surface area contributed by atoms with Crippen molar-refractivity contribution in [2.24, 2.45) is 0 Å². The topological polar surface area (TPSA) is 20.3 Å².